The van der Waals surface area contributed by atoms with Crippen LogP contribution in [0.4, 0.5) is 0 Å². The van der Waals surface area contributed by atoms with Gasteiger partial charge in [0.15, 0.2) is 0 Å². The van der Waals surface area contributed by atoms with Gasteiger partial charge in [-0.15, -0.1) is 12.4 Å². The van der Waals surface area contributed by atoms with Crippen LogP contribution < -0.4 is 5.32 Å². The van der Waals surface area contributed by atoms with Gasteiger partial charge in [0.2, 0.25) is 11.8 Å². The summed E-state index contributed by atoms with van der Waals surface area (Å²) in [7, 11) is 0. The first-order chi connectivity index (χ1) is 17.0. The van der Waals surface area contributed by atoms with Crippen molar-refractivity contribution in [3.8, 4) is 0 Å². The van der Waals surface area contributed by atoms with E-state index in [1.807, 2.05) is 9.80 Å². The van der Waals surface area contributed by atoms with Crippen LogP contribution in [0.15, 0.2) is 24.3 Å². The zero-order valence-corrected chi connectivity index (χ0v) is 21.5. The number of carbonyl (C=O) groups excluding carboxylic acids is 4. The number of nitrogens with zero attached hydrogens (tertiary/aromatic N) is 4. The van der Waals surface area contributed by atoms with Crippen LogP contribution in [0, 0.1) is 0 Å². The minimum absolute atomic E-state index is 0. The average Bonchev–Trinajstić information content (AvgIpc) is 3.69. The van der Waals surface area contributed by atoms with E-state index in [1.54, 1.807) is 34.1 Å². The van der Waals surface area contributed by atoms with Crippen molar-refractivity contribution in [2.75, 3.05) is 52.4 Å². The summed E-state index contributed by atoms with van der Waals surface area (Å²) >= 11 is 0. The molecule has 4 amide bonds. The lowest BCUT2D eigenvalue weighted by atomic mass is 10.1. The van der Waals surface area contributed by atoms with Gasteiger partial charge in [-0.2, -0.15) is 0 Å². The molecule has 0 spiro atoms. The fourth-order valence-corrected chi connectivity index (χ4v) is 5.89. The molecule has 5 rings (SSSR count). The molecule has 0 bridgehead atoms. The molecular weight excluding hydrogens is 482 g/mol. The number of hydrogen-bond donors (Lipinski definition) is 1. The number of likely N-dealkylation sites (tertiary alicyclic amines) is 3. The van der Waals surface area contributed by atoms with Gasteiger partial charge >= 0.3 is 0 Å². The van der Waals surface area contributed by atoms with E-state index < -0.39 is 12.1 Å². The Morgan fingerprint density at radius 3 is 1.64 bits per heavy atom. The molecule has 0 radical (unpaired) electrons. The quantitative estimate of drug-likeness (QED) is 0.651. The third-order valence-corrected chi connectivity index (χ3v) is 7.80. The van der Waals surface area contributed by atoms with Crippen molar-refractivity contribution in [2.45, 2.75) is 50.6 Å². The number of halogens is 1. The van der Waals surface area contributed by atoms with Gasteiger partial charge < -0.3 is 24.9 Å². The van der Waals surface area contributed by atoms with E-state index in [0.717, 1.165) is 51.9 Å². The standard InChI is InChI=1S/C26H35N5O4.ClH/c32-23(30-14-4-8-21(30)25(34)28-12-1-2-13-28)19-6-3-7-20(18-19)24(33)31-15-5-9-22(31)26(35)29-16-10-27-11-17-29;/h3,6-7,18,21-22,27H,1-2,4-5,8-17H2;1H/t21-,22-;/m0./s1. The number of carbonyl (C=O) groups is 4. The Balaban J connectivity index is 0.00000304. The Hall–Kier alpha value is -2.65. The van der Waals surface area contributed by atoms with Crippen LogP contribution >= 0.6 is 12.4 Å². The van der Waals surface area contributed by atoms with Gasteiger partial charge in [-0.05, 0) is 56.7 Å². The van der Waals surface area contributed by atoms with Crippen LogP contribution in [0.2, 0.25) is 0 Å². The Bertz CT molecular complexity index is 992. The van der Waals surface area contributed by atoms with Gasteiger partial charge in [-0.25, -0.2) is 0 Å². The molecule has 1 aromatic rings. The highest BCUT2D eigenvalue weighted by Gasteiger charge is 2.39. The van der Waals surface area contributed by atoms with Crippen molar-refractivity contribution < 1.29 is 19.2 Å². The predicted octanol–water partition coefficient (Wildman–Crippen LogP) is 1.37. The molecule has 9 nitrogen and oxygen atoms in total. The van der Waals surface area contributed by atoms with Crippen molar-refractivity contribution in [1.82, 2.24) is 24.9 Å². The summed E-state index contributed by atoms with van der Waals surface area (Å²) < 4.78 is 0. The number of nitrogens with one attached hydrogen (secondary N) is 1. The predicted molar refractivity (Wildman–Crippen MR) is 137 cm³/mol. The van der Waals surface area contributed by atoms with Crippen molar-refractivity contribution in [2.24, 2.45) is 0 Å². The van der Waals surface area contributed by atoms with E-state index in [1.165, 1.54) is 0 Å². The first-order valence-electron chi connectivity index (χ1n) is 13.0. The molecule has 4 heterocycles. The molecule has 1 N–H and O–H groups in total. The van der Waals surface area contributed by atoms with Crippen LogP contribution in [0.1, 0.15) is 59.2 Å². The van der Waals surface area contributed by atoms with E-state index in [0.29, 0.717) is 50.1 Å². The third-order valence-electron chi connectivity index (χ3n) is 7.80. The summed E-state index contributed by atoms with van der Waals surface area (Å²) in [5.41, 5.74) is 0.832. The second kappa shape index (κ2) is 11.6. The number of rotatable bonds is 4. The molecule has 4 fully saturated rings. The fraction of sp³-hybridized carbons (Fsp3) is 0.615. The summed E-state index contributed by atoms with van der Waals surface area (Å²) in [5.74, 6) is -0.349. The molecule has 4 aliphatic heterocycles. The lowest BCUT2D eigenvalue weighted by Gasteiger charge is -2.33. The zero-order valence-electron chi connectivity index (χ0n) is 20.7. The molecule has 0 saturated carbocycles. The van der Waals surface area contributed by atoms with E-state index >= 15 is 0 Å². The maximum atomic E-state index is 13.4. The number of amides is 4. The highest BCUT2D eigenvalue weighted by atomic mass is 35.5. The topological polar surface area (TPSA) is 93.3 Å². The van der Waals surface area contributed by atoms with E-state index in [4.69, 9.17) is 0 Å². The SMILES string of the molecule is Cl.O=C([C@@H]1CCCN1C(=O)c1cccc(C(=O)N2CCC[C@H]2C(=O)N2CCNCC2)c1)N1CCCC1. The van der Waals surface area contributed by atoms with Gasteiger partial charge in [-0.1, -0.05) is 6.07 Å². The van der Waals surface area contributed by atoms with Crippen LogP contribution in [0.3, 0.4) is 0 Å². The molecule has 4 saturated heterocycles. The van der Waals surface area contributed by atoms with Crippen molar-refractivity contribution >= 4 is 36.0 Å². The summed E-state index contributed by atoms with van der Waals surface area (Å²) in [6.45, 7) is 5.49. The minimum Gasteiger partial charge on any atom is -0.341 e. The van der Waals surface area contributed by atoms with Crippen LogP contribution in [-0.4, -0.2) is 108 Å². The van der Waals surface area contributed by atoms with Crippen LogP contribution in [0.5, 0.6) is 0 Å². The van der Waals surface area contributed by atoms with Gasteiger partial charge in [0.1, 0.15) is 12.1 Å². The van der Waals surface area contributed by atoms with Gasteiger partial charge in [0.25, 0.3) is 11.8 Å². The van der Waals surface area contributed by atoms with E-state index in [-0.39, 0.29) is 36.0 Å². The molecule has 2 atom stereocenters. The minimum atomic E-state index is -0.444. The molecule has 36 heavy (non-hydrogen) atoms. The lowest BCUT2D eigenvalue weighted by molar-refractivity contribution is -0.136. The number of hydrogen-bond acceptors (Lipinski definition) is 5. The summed E-state index contributed by atoms with van der Waals surface area (Å²) in [5, 5.41) is 3.25. The highest BCUT2D eigenvalue weighted by Crippen LogP contribution is 2.26. The zero-order chi connectivity index (χ0) is 24.4. The van der Waals surface area contributed by atoms with Crippen LogP contribution in [-0.2, 0) is 9.59 Å². The smallest absolute Gasteiger partial charge is 0.254 e. The van der Waals surface area contributed by atoms with Gasteiger partial charge in [-0.3, -0.25) is 19.2 Å². The first kappa shape index (κ1) is 26.4. The maximum absolute atomic E-state index is 13.4. The van der Waals surface area contributed by atoms with E-state index in [9.17, 15) is 19.2 Å². The molecule has 0 aromatic heterocycles. The molecule has 4 aliphatic rings. The van der Waals surface area contributed by atoms with Gasteiger partial charge in [0, 0.05) is 63.5 Å². The summed E-state index contributed by atoms with van der Waals surface area (Å²) in [6, 6.07) is 5.91. The third kappa shape index (κ3) is 5.22. The second-order valence-corrected chi connectivity index (χ2v) is 10.0. The van der Waals surface area contributed by atoms with Crippen molar-refractivity contribution in [3.63, 3.8) is 0 Å². The molecule has 0 aliphatic carbocycles. The average molecular weight is 518 g/mol. The maximum Gasteiger partial charge on any atom is 0.254 e. The highest BCUT2D eigenvalue weighted by molar-refractivity contribution is 6.02. The Kier molecular flexibility index (Phi) is 8.51. The molecule has 10 heteroatoms. The lowest BCUT2D eigenvalue weighted by Crippen LogP contribution is -2.53. The van der Waals surface area contributed by atoms with Crippen molar-refractivity contribution in [3.05, 3.63) is 35.4 Å². The Morgan fingerprint density at radius 2 is 1.14 bits per heavy atom. The Labute approximate surface area is 218 Å². The number of benzene rings is 1. The van der Waals surface area contributed by atoms with Crippen LogP contribution in [0.25, 0.3) is 0 Å². The van der Waals surface area contributed by atoms with Gasteiger partial charge in [0.05, 0.1) is 0 Å². The fourth-order valence-electron chi connectivity index (χ4n) is 5.89. The molecular formula is C26H36ClN5O4. The number of piperazine rings is 1. The molecule has 196 valence electrons. The first-order valence-corrected chi connectivity index (χ1v) is 13.0. The second-order valence-electron chi connectivity index (χ2n) is 10.0. The Morgan fingerprint density at radius 1 is 0.667 bits per heavy atom. The molecule has 1 aromatic carbocycles. The monoisotopic (exact) mass is 517 g/mol. The summed E-state index contributed by atoms with van der Waals surface area (Å²) in [4.78, 5) is 60.0. The largest absolute Gasteiger partial charge is 0.341 e. The summed E-state index contributed by atoms with van der Waals surface area (Å²) in [6.07, 6.45) is 4.99. The van der Waals surface area contributed by atoms with E-state index in [2.05, 4.69) is 5.32 Å². The van der Waals surface area contributed by atoms with Crippen molar-refractivity contribution in [1.29, 1.82) is 0 Å². The normalized spacial score (nSPS) is 24.1. The molecule has 0 unspecified atom stereocenters.